The van der Waals surface area contributed by atoms with E-state index < -0.39 is 29.4 Å². The third-order valence-corrected chi connectivity index (χ3v) is 4.68. The summed E-state index contributed by atoms with van der Waals surface area (Å²) in [6, 6.07) is 13.0. The van der Waals surface area contributed by atoms with Gasteiger partial charge in [0.1, 0.15) is 17.4 Å². The Morgan fingerprint density at radius 3 is 2.31 bits per heavy atom. The number of rotatable bonds is 3. The summed E-state index contributed by atoms with van der Waals surface area (Å²) in [4.78, 5) is 30.5. The largest absolute Gasteiger partial charge is 0.507 e. The van der Waals surface area contributed by atoms with E-state index in [1.165, 1.54) is 12.4 Å². The maximum atomic E-state index is 14.5. The van der Waals surface area contributed by atoms with Crippen molar-refractivity contribution in [2.24, 2.45) is 0 Å². The number of amides is 1. The molecule has 1 atom stereocenters. The SMILES string of the molecule is O=C1C(=O)N(c2ccc(F)cc2F)C(c2ccncc2)/C1=C(\O)c1ccccc1. The number of halogens is 2. The predicted molar refractivity (Wildman–Crippen MR) is 102 cm³/mol. The van der Waals surface area contributed by atoms with Crippen LogP contribution in [-0.2, 0) is 9.59 Å². The molecule has 4 rings (SSSR count). The molecule has 7 heteroatoms. The van der Waals surface area contributed by atoms with E-state index in [-0.39, 0.29) is 17.0 Å². The molecule has 1 N–H and O–H groups in total. The number of hydrogen-bond acceptors (Lipinski definition) is 4. The minimum Gasteiger partial charge on any atom is -0.507 e. The first-order chi connectivity index (χ1) is 14.0. The van der Waals surface area contributed by atoms with E-state index in [1.54, 1.807) is 42.5 Å². The summed E-state index contributed by atoms with van der Waals surface area (Å²) in [5.74, 6) is -4.17. The lowest BCUT2D eigenvalue weighted by atomic mass is 9.96. The smallest absolute Gasteiger partial charge is 0.300 e. The van der Waals surface area contributed by atoms with Crippen molar-refractivity contribution in [3.05, 3.63) is 101 Å². The van der Waals surface area contributed by atoms with Crippen molar-refractivity contribution in [1.82, 2.24) is 4.98 Å². The number of pyridine rings is 1. The fourth-order valence-corrected chi connectivity index (χ4v) is 3.37. The summed E-state index contributed by atoms with van der Waals surface area (Å²) in [6.07, 6.45) is 2.91. The Balaban J connectivity index is 1.97. The van der Waals surface area contributed by atoms with Crippen molar-refractivity contribution in [2.45, 2.75) is 6.04 Å². The quantitative estimate of drug-likeness (QED) is 0.416. The highest BCUT2D eigenvalue weighted by Crippen LogP contribution is 2.42. The van der Waals surface area contributed by atoms with Crippen LogP contribution < -0.4 is 4.90 Å². The average molecular weight is 392 g/mol. The van der Waals surface area contributed by atoms with Crippen molar-refractivity contribution in [3.63, 3.8) is 0 Å². The van der Waals surface area contributed by atoms with Gasteiger partial charge in [-0.1, -0.05) is 30.3 Å². The van der Waals surface area contributed by atoms with Gasteiger partial charge in [-0.2, -0.15) is 0 Å². The van der Waals surface area contributed by atoms with Crippen LogP contribution in [0.1, 0.15) is 17.2 Å². The molecule has 1 unspecified atom stereocenters. The van der Waals surface area contributed by atoms with Crippen molar-refractivity contribution in [1.29, 1.82) is 0 Å². The van der Waals surface area contributed by atoms with Gasteiger partial charge in [0.05, 0.1) is 17.3 Å². The van der Waals surface area contributed by atoms with E-state index in [9.17, 15) is 23.5 Å². The van der Waals surface area contributed by atoms with Crippen LogP contribution in [0.4, 0.5) is 14.5 Å². The van der Waals surface area contributed by atoms with Crippen LogP contribution in [0.25, 0.3) is 5.76 Å². The number of nitrogens with zero attached hydrogens (tertiary/aromatic N) is 2. The zero-order chi connectivity index (χ0) is 20.5. The molecule has 0 bridgehead atoms. The number of anilines is 1. The Morgan fingerprint density at radius 1 is 0.966 bits per heavy atom. The molecule has 0 saturated carbocycles. The number of carbonyl (C=O) groups excluding carboxylic acids is 2. The summed E-state index contributed by atoms with van der Waals surface area (Å²) in [5.41, 5.74) is 0.336. The van der Waals surface area contributed by atoms with Gasteiger partial charge in [0.25, 0.3) is 11.7 Å². The first-order valence-electron chi connectivity index (χ1n) is 8.70. The fourth-order valence-electron chi connectivity index (χ4n) is 3.37. The van der Waals surface area contributed by atoms with Gasteiger partial charge in [0.2, 0.25) is 0 Å². The van der Waals surface area contributed by atoms with Gasteiger partial charge in [-0.15, -0.1) is 0 Å². The molecule has 1 amide bonds. The summed E-state index contributed by atoms with van der Waals surface area (Å²) < 4.78 is 27.9. The van der Waals surface area contributed by atoms with Crippen LogP contribution in [0.3, 0.4) is 0 Å². The molecule has 29 heavy (non-hydrogen) atoms. The third kappa shape index (κ3) is 3.16. The molecule has 0 spiro atoms. The number of aromatic nitrogens is 1. The lowest BCUT2D eigenvalue weighted by Crippen LogP contribution is -2.30. The Bertz CT molecular complexity index is 1130. The maximum absolute atomic E-state index is 14.5. The number of hydrogen-bond donors (Lipinski definition) is 1. The van der Waals surface area contributed by atoms with Crippen molar-refractivity contribution >= 4 is 23.1 Å². The van der Waals surface area contributed by atoms with E-state index >= 15 is 0 Å². The Kier molecular flexibility index (Phi) is 4.64. The van der Waals surface area contributed by atoms with E-state index in [4.69, 9.17) is 0 Å². The molecule has 144 valence electrons. The Labute approximate surface area is 164 Å². The molecule has 5 nitrogen and oxygen atoms in total. The highest BCUT2D eigenvalue weighted by Gasteiger charge is 2.47. The number of ketones is 1. The van der Waals surface area contributed by atoms with Gasteiger partial charge >= 0.3 is 0 Å². The minimum absolute atomic E-state index is 0.184. The topological polar surface area (TPSA) is 70.5 Å². The molecule has 1 fully saturated rings. The molecule has 1 aromatic heterocycles. The molecular formula is C22H14F2N2O3. The second-order valence-corrected chi connectivity index (χ2v) is 6.41. The molecule has 3 aromatic rings. The Morgan fingerprint density at radius 2 is 1.66 bits per heavy atom. The first-order valence-corrected chi connectivity index (χ1v) is 8.70. The van der Waals surface area contributed by atoms with Crippen LogP contribution in [0.2, 0.25) is 0 Å². The average Bonchev–Trinajstić information content (AvgIpc) is 3.00. The zero-order valence-corrected chi connectivity index (χ0v) is 14.9. The van der Waals surface area contributed by atoms with Gasteiger partial charge in [-0.05, 0) is 29.8 Å². The van der Waals surface area contributed by atoms with E-state index in [0.717, 1.165) is 17.0 Å². The highest BCUT2D eigenvalue weighted by atomic mass is 19.1. The molecular weight excluding hydrogens is 378 g/mol. The lowest BCUT2D eigenvalue weighted by molar-refractivity contribution is -0.132. The summed E-state index contributed by atoms with van der Waals surface area (Å²) in [5, 5.41) is 10.8. The number of carbonyl (C=O) groups is 2. The Hall–Kier alpha value is -3.87. The number of Topliss-reactive ketones (excluding diaryl/α,β-unsaturated/α-hetero) is 1. The molecule has 2 aromatic carbocycles. The second-order valence-electron chi connectivity index (χ2n) is 6.41. The lowest BCUT2D eigenvalue weighted by Gasteiger charge is -2.25. The molecule has 2 heterocycles. The van der Waals surface area contributed by atoms with Crippen LogP contribution >= 0.6 is 0 Å². The summed E-state index contributed by atoms with van der Waals surface area (Å²) in [6.45, 7) is 0. The molecule has 0 radical (unpaired) electrons. The van der Waals surface area contributed by atoms with Crippen molar-refractivity contribution in [2.75, 3.05) is 4.90 Å². The zero-order valence-electron chi connectivity index (χ0n) is 14.9. The first kappa shape index (κ1) is 18.5. The van der Waals surface area contributed by atoms with Gasteiger partial charge < -0.3 is 5.11 Å². The van der Waals surface area contributed by atoms with Crippen LogP contribution in [-0.4, -0.2) is 21.8 Å². The molecule has 1 saturated heterocycles. The predicted octanol–water partition coefficient (Wildman–Crippen LogP) is 3.99. The van der Waals surface area contributed by atoms with Gasteiger partial charge in [-0.25, -0.2) is 8.78 Å². The van der Waals surface area contributed by atoms with Crippen LogP contribution in [0.15, 0.2) is 78.6 Å². The van der Waals surface area contributed by atoms with Crippen molar-refractivity contribution in [3.8, 4) is 0 Å². The third-order valence-electron chi connectivity index (χ3n) is 4.68. The summed E-state index contributed by atoms with van der Waals surface area (Å²) in [7, 11) is 0. The van der Waals surface area contributed by atoms with E-state index in [2.05, 4.69) is 4.98 Å². The number of benzene rings is 2. The van der Waals surface area contributed by atoms with Gasteiger partial charge in [0.15, 0.2) is 0 Å². The summed E-state index contributed by atoms with van der Waals surface area (Å²) >= 11 is 0. The maximum Gasteiger partial charge on any atom is 0.300 e. The fraction of sp³-hybridized carbons (Fsp3) is 0.0455. The monoisotopic (exact) mass is 392 g/mol. The van der Waals surface area contributed by atoms with Crippen LogP contribution in [0.5, 0.6) is 0 Å². The molecule has 1 aliphatic heterocycles. The van der Waals surface area contributed by atoms with Crippen molar-refractivity contribution < 1.29 is 23.5 Å². The number of aliphatic hydroxyl groups is 1. The minimum atomic E-state index is -1.10. The molecule has 0 aliphatic carbocycles. The van der Waals surface area contributed by atoms with Gasteiger partial charge in [0, 0.05) is 24.0 Å². The van der Waals surface area contributed by atoms with Gasteiger partial charge in [-0.3, -0.25) is 19.5 Å². The van der Waals surface area contributed by atoms with E-state index in [0.29, 0.717) is 17.2 Å². The second kappa shape index (κ2) is 7.27. The highest BCUT2D eigenvalue weighted by molar-refractivity contribution is 6.51. The standard InChI is InChI=1S/C22H14F2N2O3/c23-15-6-7-17(16(24)12-15)26-19(13-8-10-25-11-9-13)18(21(28)22(26)29)20(27)14-4-2-1-3-5-14/h1-12,19,27H/b20-18+. The molecule has 1 aliphatic rings. The number of aliphatic hydroxyl groups excluding tert-OH is 1. The van der Waals surface area contributed by atoms with E-state index in [1.807, 2.05) is 0 Å². The normalized spacial score (nSPS) is 18.3. The van der Waals surface area contributed by atoms with Crippen LogP contribution in [0, 0.1) is 11.6 Å².